The molecule has 2 heterocycles. The number of hydrogen-bond donors (Lipinski definition) is 0. The van der Waals surface area contributed by atoms with Crippen molar-refractivity contribution in [2.45, 2.75) is 0 Å². The van der Waals surface area contributed by atoms with Crippen molar-refractivity contribution in [1.82, 2.24) is 4.57 Å². The molecule has 0 aliphatic carbocycles. The molecule has 0 spiro atoms. The van der Waals surface area contributed by atoms with Gasteiger partial charge in [0.15, 0.2) is 0 Å². The fraction of sp³-hybridized carbons (Fsp3) is 0. The van der Waals surface area contributed by atoms with Gasteiger partial charge in [-0.05, 0) is 40.8 Å². The summed E-state index contributed by atoms with van der Waals surface area (Å²) in [6.07, 6.45) is 0. The maximum absolute atomic E-state index is 2.46. The summed E-state index contributed by atoms with van der Waals surface area (Å²) in [6.45, 7) is 0. The fourth-order valence-corrected chi connectivity index (χ4v) is 7.00. The van der Waals surface area contributed by atoms with Gasteiger partial charge in [-0.15, -0.1) is 11.3 Å². The lowest BCUT2D eigenvalue weighted by Gasteiger charge is -2.11. The Balaban J connectivity index is 1.51. The molecule has 0 saturated heterocycles. The van der Waals surface area contributed by atoms with Crippen LogP contribution in [0.4, 0.5) is 0 Å². The van der Waals surface area contributed by atoms with Crippen LogP contribution in [0.25, 0.3) is 69.6 Å². The minimum absolute atomic E-state index is 1.19. The fourth-order valence-electron chi connectivity index (χ4n) is 5.74. The van der Waals surface area contributed by atoms with Crippen molar-refractivity contribution in [2.24, 2.45) is 0 Å². The molecule has 8 aromatic rings. The molecule has 0 saturated carbocycles. The largest absolute Gasteiger partial charge is 0.309 e. The Bertz CT molecular complexity index is 2070. The molecule has 0 aliphatic rings. The van der Waals surface area contributed by atoms with E-state index in [1.807, 2.05) is 11.3 Å². The molecule has 0 atom stereocenters. The summed E-state index contributed by atoms with van der Waals surface area (Å²) in [5, 5.41) is 7.90. The summed E-state index contributed by atoms with van der Waals surface area (Å²) in [7, 11) is 0. The van der Waals surface area contributed by atoms with Gasteiger partial charge in [0.05, 0.1) is 11.0 Å². The maximum atomic E-state index is 2.46. The van der Waals surface area contributed by atoms with Gasteiger partial charge in [-0.3, -0.25) is 0 Å². The Morgan fingerprint density at radius 2 is 1.14 bits per heavy atom. The number of benzene rings is 6. The minimum atomic E-state index is 1.19. The standard InChI is InChI=1S/C34H21NS/c1-2-8-22(9-3-1)23-14-18-25(19-15-23)35-30-12-6-4-10-26(30)28-20-16-24-17-21-29-27-11-5-7-13-31(27)36-34(29)32(24)33(28)35/h1-21H. The Morgan fingerprint density at radius 3 is 1.97 bits per heavy atom. The molecule has 168 valence electrons. The highest BCUT2D eigenvalue weighted by Crippen LogP contribution is 2.44. The van der Waals surface area contributed by atoms with E-state index >= 15 is 0 Å². The van der Waals surface area contributed by atoms with E-state index in [0.717, 1.165) is 0 Å². The Labute approximate surface area is 212 Å². The molecule has 0 amide bonds. The minimum Gasteiger partial charge on any atom is -0.309 e. The lowest BCUT2D eigenvalue weighted by molar-refractivity contribution is 1.19. The molecule has 8 rings (SSSR count). The quantitative estimate of drug-likeness (QED) is 0.234. The predicted octanol–water partition coefficient (Wildman–Crippen LogP) is 9.97. The number of thiophene rings is 1. The molecule has 2 heteroatoms. The van der Waals surface area contributed by atoms with Crippen LogP contribution in [-0.2, 0) is 0 Å². The molecular weight excluding hydrogens is 454 g/mol. The number of nitrogens with zero attached hydrogens (tertiary/aromatic N) is 1. The van der Waals surface area contributed by atoms with Crippen LogP contribution < -0.4 is 0 Å². The zero-order chi connectivity index (χ0) is 23.6. The third kappa shape index (κ3) is 2.76. The zero-order valence-corrected chi connectivity index (χ0v) is 20.3. The van der Waals surface area contributed by atoms with E-state index in [9.17, 15) is 0 Å². The van der Waals surface area contributed by atoms with Crippen molar-refractivity contribution in [3.8, 4) is 16.8 Å². The van der Waals surface area contributed by atoms with Crippen LogP contribution in [0.15, 0.2) is 127 Å². The van der Waals surface area contributed by atoms with Crippen molar-refractivity contribution >= 4 is 64.1 Å². The molecule has 0 unspecified atom stereocenters. The molecule has 0 N–H and O–H groups in total. The van der Waals surface area contributed by atoms with E-state index in [0.29, 0.717) is 0 Å². The van der Waals surface area contributed by atoms with E-state index in [1.165, 1.54) is 69.6 Å². The highest BCUT2D eigenvalue weighted by atomic mass is 32.1. The third-order valence-corrected chi connectivity index (χ3v) is 8.60. The molecule has 36 heavy (non-hydrogen) atoms. The summed E-state index contributed by atoms with van der Waals surface area (Å²) >= 11 is 1.91. The first-order valence-corrected chi connectivity index (χ1v) is 13.1. The molecule has 0 aliphatic heterocycles. The monoisotopic (exact) mass is 475 g/mol. The van der Waals surface area contributed by atoms with Gasteiger partial charge in [-0.1, -0.05) is 103 Å². The first-order chi connectivity index (χ1) is 17.9. The Morgan fingerprint density at radius 1 is 0.472 bits per heavy atom. The first-order valence-electron chi connectivity index (χ1n) is 12.3. The molecule has 6 aromatic carbocycles. The molecule has 0 radical (unpaired) electrons. The Kier molecular flexibility index (Phi) is 4.16. The van der Waals surface area contributed by atoms with E-state index < -0.39 is 0 Å². The molecule has 0 fully saturated rings. The number of hydrogen-bond acceptors (Lipinski definition) is 1. The molecular formula is C34H21NS. The van der Waals surface area contributed by atoms with Crippen LogP contribution in [0.3, 0.4) is 0 Å². The van der Waals surface area contributed by atoms with E-state index in [-0.39, 0.29) is 0 Å². The van der Waals surface area contributed by atoms with Crippen LogP contribution >= 0.6 is 11.3 Å². The lowest BCUT2D eigenvalue weighted by atomic mass is 10.0. The van der Waals surface area contributed by atoms with Crippen LogP contribution in [-0.4, -0.2) is 4.57 Å². The molecule has 1 nitrogen and oxygen atoms in total. The summed E-state index contributed by atoms with van der Waals surface area (Å²) in [5.41, 5.74) is 6.19. The second-order valence-electron chi connectivity index (χ2n) is 9.37. The van der Waals surface area contributed by atoms with Crippen LogP contribution in [0.5, 0.6) is 0 Å². The van der Waals surface area contributed by atoms with Crippen LogP contribution in [0, 0.1) is 0 Å². The number of fused-ring (bicyclic) bond motifs is 9. The number of aromatic nitrogens is 1. The highest BCUT2D eigenvalue weighted by Gasteiger charge is 2.18. The van der Waals surface area contributed by atoms with Crippen molar-refractivity contribution in [2.75, 3.05) is 0 Å². The zero-order valence-electron chi connectivity index (χ0n) is 19.5. The second kappa shape index (κ2) is 7.55. The number of para-hydroxylation sites is 1. The summed E-state index contributed by atoms with van der Waals surface area (Å²) < 4.78 is 5.17. The van der Waals surface area contributed by atoms with E-state index in [4.69, 9.17) is 0 Å². The lowest BCUT2D eigenvalue weighted by Crippen LogP contribution is -1.94. The molecule has 2 aromatic heterocycles. The summed E-state index contributed by atoms with van der Waals surface area (Å²) in [6, 6.07) is 46.3. The van der Waals surface area contributed by atoms with Gasteiger partial charge < -0.3 is 4.57 Å². The summed E-state index contributed by atoms with van der Waals surface area (Å²) in [4.78, 5) is 0. The second-order valence-corrected chi connectivity index (χ2v) is 10.4. The topological polar surface area (TPSA) is 4.93 Å². The first kappa shape index (κ1) is 19.9. The van der Waals surface area contributed by atoms with Crippen LogP contribution in [0.2, 0.25) is 0 Å². The highest BCUT2D eigenvalue weighted by molar-refractivity contribution is 7.26. The predicted molar refractivity (Wildman–Crippen MR) is 157 cm³/mol. The van der Waals surface area contributed by atoms with E-state index in [1.54, 1.807) is 0 Å². The maximum Gasteiger partial charge on any atom is 0.0633 e. The molecule has 0 bridgehead atoms. The van der Waals surface area contributed by atoms with Crippen molar-refractivity contribution < 1.29 is 0 Å². The van der Waals surface area contributed by atoms with Gasteiger partial charge in [0, 0.05) is 42.0 Å². The van der Waals surface area contributed by atoms with Gasteiger partial charge in [0.25, 0.3) is 0 Å². The smallest absolute Gasteiger partial charge is 0.0633 e. The normalized spacial score (nSPS) is 11.9. The Hall–Kier alpha value is -4.40. The SMILES string of the molecule is c1ccc(-c2ccc(-n3c4ccccc4c4ccc5ccc6c7ccccc7sc6c5c43)cc2)cc1. The average molecular weight is 476 g/mol. The van der Waals surface area contributed by atoms with Crippen LogP contribution in [0.1, 0.15) is 0 Å². The van der Waals surface area contributed by atoms with Gasteiger partial charge in [-0.25, -0.2) is 0 Å². The third-order valence-electron chi connectivity index (χ3n) is 7.39. The van der Waals surface area contributed by atoms with Gasteiger partial charge in [0.1, 0.15) is 0 Å². The van der Waals surface area contributed by atoms with Gasteiger partial charge >= 0.3 is 0 Å². The van der Waals surface area contributed by atoms with Crippen molar-refractivity contribution in [1.29, 1.82) is 0 Å². The number of rotatable bonds is 2. The average Bonchev–Trinajstić information content (AvgIpc) is 3.49. The summed E-state index contributed by atoms with van der Waals surface area (Å²) in [5.74, 6) is 0. The van der Waals surface area contributed by atoms with E-state index in [2.05, 4.69) is 132 Å². The van der Waals surface area contributed by atoms with Gasteiger partial charge in [-0.2, -0.15) is 0 Å². The van der Waals surface area contributed by atoms with Crippen molar-refractivity contribution in [3.63, 3.8) is 0 Å². The van der Waals surface area contributed by atoms with Gasteiger partial charge in [0.2, 0.25) is 0 Å². The van der Waals surface area contributed by atoms with Crippen molar-refractivity contribution in [3.05, 3.63) is 127 Å².